The lowest BCUT2D eigenvalue weighted by Crippen LogP contribution is -2.57. The number of aromatic nitrogens is 4. The molecule has 3 heterocycles. The highest BCUT2D eigenvalue weighted by Crippen LogP contribution is 2.42. The maximum atomic E-state index is 12.7. The largest absolute Gasteiger partial charge is 0.497 e. The third kappa shape index (κ3) is 3.66. The molecule has 9 nitrogen and oxygen atoms in total. The molecule has 0 N–H and O–H groups in total. The number of tetrazole rings is 1. The fourth-order valence-corrected chi connectivity index (χ4v) is 5.09. The van der Waals surface area contributed by atoms with Crippen molar-refractivity contribution < 1.29 is 13.9 Å². The molecule has 1 saturated carbocycles. The second kappa shape index (κ2) is 8.74. The third-order valence-electron chi connectivity index (χ3n) is 6.79. The Morgan fingerprint density at radius 2 is 1.78 bits per heavy atom. The molecule has 5 rings (SSSR count). The zero-order chi connectivity index (χ0) is 22.0. The van der Waals surface area contributed by atoms with Gasteiger partial charge in [0.2, 0.25) is 0 Å². The fourth-order valence-electron chi connectivity index (χ4n) is 5.09. The number of rotatable bonds is 5. The molecule has 0 atom stereocenters. The van der Waals surface area contributed by atoms with Gasteiger partial charge in [-0.3, -0.25) is 9.69 Å². The van der Waals surface area contributed by atoms with Gasteiger partial charge in [0, 0.05) is 26.2 Å². The Morgan fingerprint density at radius 3 is 2.44 bits per heavy atom. The van der Waals surface area contributed by atoms with Crippen LogP contribution in [0, 0.1) is 0 Å². The van der Waals surface area contributed by atoms with Crippen LogP contribution in [0.2, 0.25) is 0 Å². The van der Waals surface area contributed by atoms with E-state index in [9.17, 15) is 4.79 Å². The Kier molecular flexibility index (Phi) is 5.65. The predicted octanol–water partition coefficient (Wildman–Crippen LogP) is 2.88. The lowest BCUT2D eigenvalue weighted by Gasteiger charge is -2.48. The van der Waals surface area contributed by atoms with E-state index in [2.05, 4.69) is 20.4 Å². The molecule has 2 aromatic heterocycles. The summed E-state index contributed by atoms with van der Waals surface area (Å²) in [6.45, 7) is 2.88. The van der Waals surface area contributed by atoms with Gasteiger partial charge in [-0.1, -0.05) is 19.3 Å². The molecule has 0 spiro atoms. The van der Waals surface area contributed by atoms with Gasteiger partial charge in [-0.05, 0) is 59.7 Å². The van der Waals surface area contributed by atoms with E-state index in [4.69, 9.17) is 9.15 Å². The van der Waals surface area contributed by atoms with E-state index in [1.165, 1.54) is 6.42 Å². The summed E-state index contributed by atoms with van der Waals surface area (Å²) < 4.78 is 12.5. The highest BCUT2D eigenvalue weighted by molar-refractivity contribution is 5.91. The summed E-state index contributed by atoms with van der Waals surface area (Å²) in [5, 5.41) is 12.9. The van der Waals surface area contributed by atoms with Crippen molar-refractivity contribution in [2.45, 2.75) is 37.6 Å². The Balaban J connectivity index is 1.41. The number of carbonyl (C=O) groups is 1. The molecular weight excluding hydrogens is 408 g/mol. The zero-order valence-corrected chi connectivity index (χ0v) is 18.3. The number of ether oxygens (including phenoxy) is 1. The molecule has 168 valence electrons. The van der Waals surface area contributed by atoms with Crippen molar-refractivity contribution in [1.82, 2.24) is 30.0 Å². The van der Waals surface area contributed by atoms with Crippen LogP contribution in [0.3, 0.4) is 0 Å². The van der Waals surface area contributed by atoms with Crippen molar-refractivity contribution in [2.24, 2.45) is 0 Å². The summed E-state index contributed by atoms with van der Waals surface area (Å²) in [5.41, 5.74) is 0.684. The SMILES string of the molecule is COc1ccc(-n2nnnc2C2(N3CCN(C(=O)c4ccco4)CC3)CCCCC2)cc1. The molecule has 1 aliphatic carbocycles. The molecule has 1 aliphatic heterocycles. The molecule has 0 radical (unpaired) electrons. The number of nitrogens with zero attached hydrogens (tertiary/aromatic N) is 6. The van der Waals surface area contributed by atoms with Gasteiger partial charge in [0.05, 0.1) is 24.6 Å². The van der Waals surface area contributed by atoms with Crippen molar-refractivity contribution in [3.05, 3.63) is 54.2 Å². The molecule has 1 saturated heterocycles. The molecular formula is C23H28N6O3. The maximum Gasteiger partial charge on any atom is 0.289 e. The number of furan rings is 1. The molecule has 3 aromatic rings. The first kappa shape index (κ1) is 20.7. The first-order valence-corrected chi connectivity index (χ1v) is 11.2. The summed E-state index contributed by atoms with van der Waals surface area (Å²) >= 11 is 0. The smallest absolute Gasteiger partial charge is 0.289 e. The minimum Gasteiger partial charge on any atom is -0.497 e. The van der Waals surface area contributed by atoms with Gasteiger partial charge >= 0.3 is 0 Å². The van der Waals surface area contributed by atoms with Crippen LogP contribution in [0.4, 0.5) is 0 Å². The number of methoxy groups -OCH3 is 1. The van der Waals surface area contributed by atoms with Crippen LogP contribution >= 0.6 is 0 Å². The van der Waals surface area contributed by atoms with Gasteiger partial charge in [0.15, 0.2) is 11.6 Å². The average molecular weight is 437 g/mol. The third-order valence-corrected chi connectivity index (χ3v) is 6.79. The first-order chi connectivity index (χ1) is 15.7. The van der Waals surface area contributed by atoms with Crippen molar-refractivity contribution in [3.8, 4) is 11.4 Å². The van der Waals surface area contributed by atoms with Crippen LogP contribution in [-0.4, -0.2) is 69.2 Å². The maximum absolute atomic E-state index is 12.7. The Bertz CT molecular complexity index is 1030. The molecule has 32 heavy (non-hydrogen) atoms. The fraction of sp³-hybridized carbons (Fsp3) is 0.478. The summed E-state index contributed by atoms with van der Waals surface area (Å²) in [6, 6.07) is 11.3. The number of carbonyl (C=O) groups excluding carboxylic acids is 1. The Morgan fingerprint density at radius 1 is 1.03 bits per heavy atom. The molecule has 1 amide bonds. The quantitative estimate of drug-likeness (QED) is 0.607. The van der Waals surface area contributed by atoms with E-state index in [0.717, 1.165) is 56.0 Å². The van der Waals surface area contributed by atoms with E-state index in [0.29, 0.717) is 18.8 Å². The minimum atomic E-state index is -0.235. The standard InChI is InChI=1S/C23H28N6O3/c1-31-19-9-7-18(8-10-19)29-22(24-25-26-29)23(11-3-2-4-12-23)28-15-13-27(14-16-28)21(30)20-6-5-17-32-20/h5-10,17H,2-4,11-16H2,1H3. The number of benzene rings is 1. The molecule has 0 bridgehead atoms. The summed E-state index contributed by atoms with van der Waals surface area (Å²) in [4.78, 5) is 17.1. The van der Waals surface area contributed by atoms with E-state index in [1.807, 2.05) is 33.8 Å². The molecule has 9 heteroatoms. The van der Waals surface area contributed by atoms with Gasteiger partial charge in [-0.2, -0.15) is 4.68 Å². The van der Waals surface area contributed by atoms with Crippen LogP contribution in [0.5, 0.6) is 5.75 Å². The van der Waals surface area contributed by atoms with Gasteiger partial charge in [0.1, 0.15) is 5.75 Å². The lowest BCUT2D eigenvalue weighted by molar-refractivity contribution is -0.00149. The normalized spacial score (nSPS) is 19.1. The van der Waals surface area contributed by atoms with Crippen molar-refractivity contribution >= 4 is 5.91 Å². The Labute approximate surface area is 186 Å². The van der Waals surface area contributed by atoms with Gasteiger partial charge in [-0.15, -0.1) is 5.10 Å². The van der Waals surface area contributed by atoms with Crippen LogP contribution in [0.25, 0.3) is 5.69 Å². The van der Waals surface area contributed by atoms with Crippen LogP contribution in [0.1, 0.15) is 48.5 Å². The van der Waals surface area contributed by atoms with Crippen molar-refractivity contribution in [3.63, 3.8) is 0 Å². The topological polar surface area (TPSA) is 89.5 Å². The van der Waals surface area contributed by atoms with Crippen molar-refractivity contribution in [2.75, 3.05) is 33.3 Å². The second-order valence-electron chi connectivity index (χ2n) is 8.46. The van der Waals surface area contributed by atoms with Crippen molar-refractivity contribution in [1.29, 1.82) is 0 Å². The minimum absolute atomic E-state index is 0.0459. The van der Waals surface area contributed by atoms with Gasteiger partial charge < -0.3 is 14.1 Å². The van der Waals surface area contributed by atoms with E-state index in [-0.39, 0.29) is 11.4 Å². The van der Waals surface area contributed by atoms with Crippen LogP contribution < -0.4 is 4.74 Å². The highest BCUT2D eigenvalue weighted by atomic mass is 16.5. The van der Waals surface area contributed by atoms with E-state index in [1.54, 1.807) is 25.5 Å². The van der Waals surface area contributed by atoms with Crippen LogP contribution in [-0.2, 0) is 5.54 Å². The number of piperazine rings is 1. The summed E-state index contributed by atoms with van der Waals surface area (Å²) in [5.74, 6) is 2.03. The second-order valence-corrected chi connectivity index (χ2v) is 8.46. The molecule has 2 fully saturated rings. The molecule has 2 aliphatic rings. The average Bonchev–Trinajstić information content (AvgIpc) is 3.57. The van der Waals surface area contributed by atoms with E-state index >= 15 is 0 Å². The number of hydrogen-bond acceptors (Lipinski definition) is 7. The van der Waals surface area contributed by atoms with Gasteiger partial charge in [0.25, 0.3) is 5.91 Å². The first-order valence-electron chi connectivity index (χ1n) is 11.2. The van der Waals surface area contributed by atoms with E-state index < -0.39 is 0 Å². The zero-order valence-electron chi connectivity index (χ0n) is 18.3. The molecule has 0 unspecified atom stereocenters. The van der Waals surface area contributed by atoms with Gasteiger partial charge in [-0.25, -0.2) is 0 Å². The summed E-state index contributed by atoms with van der Waals surface area (Å²) in [6.07, 6.45) is 7.07. The predicted molar refractivity (Wildman–Crippen MR) is 117 cm³/mol. The molecule has 1 aromatic carbocycles. The Hall–Kier alpha value is -3.20. The lowest BCUT2D eigenvalue weighted by atomic mass is 9.79. The summed E-state index contributed by atoms with van der Waals surface area (Å²) in [7, 11) is 1.66. The number of hydrogen-bond donors (Lipinski definition) is 0. The highest BCUT2D eigenvalue weighted by Gasteiger charge is 2.45. The monoisotopic (exact) mass is 436 g/mol. The van der Waals surface area contributed by atoms with Crippen LogP contribution in [0.15, 0.2) is 47.1 Å². The number of amides is 1.